The predicted octanol–water partition coefficient (Wildman–Crippen LogP) is 3.95. The number of benzene rings is 1. The van der Waals surface area contributed by atoms with Crippen LogP contribution >= 0.6 is 11.6 Å². The highest BCUT2D eigenvalue weighted by molar-refractivity contribution is 6.36. The van der Waals surface area contributed by atoms with E-state index in [4.69, 9.17) is 26.3 Å². The number of hydrogen-bond acceptors (Lipinski definition) is 4. The number of methoxy groups -OCH3 is 1. The van der Waals surface area contributed by atoms with Gasteiger partial charge in [-0.2, -0.15) is 5.26 Å². The molecule has 0 atom stereocenters. The molecule has 0 aliphatic carbocycles. The number of halogens is 1. The summed E-state index contributed by atoms with van der Waals surface area (Å²) in [6.45, 7) is 5.82. The SMILES string of the molecule is COc1ccc2c(OC(C)(C)C)cc(C#N)nc2c1Cl. The fourth-order valence-corrected chi connectivity index (χ4v) is 2.12. The predicted molar refractivity (Wildman–Crippen MR) is 78.4 cm³/mol. The lowest BCUT2D eigenvalue weighted by atomic mass is 10.1. The van der Waals surface area contributed by atoms with Crippen LogP contribution in [0.4, 0.5) is 0 Å². The molecular formula is C15H15ClN2O2. The molecule has 2 aromatic rings. The Morgan fingerprint density at radius 1 is 1.25 bits per heavy atom. The number of rotatable bonds is 2. The Morgan fingerprint density at radius 3 is 2.50 bits per heavy atom. The minimum Gasteiger partial charge on any atom is -0.495 e. The van der Waals surface area contributed by atoms with Crippen LogP contribution in [0.25, 0.3) is 10.9 Å². The zero-order chi connectivity index (χ0) is 14.9. The Morgan fingerprint density at radius 2 is 1.95 bits per heavy atom. The maximum absolute atomic E-state index is 9.09. The molecule has 0 radical (unpaired) electrons. The number of ether oxygens (including phenoxy) is 2. The van der Waals surface area contributed by atoms with Gasteiger partial charge < -0.3 is 9.47 Å². The van der Waals surface area contributed by atoms with Gasteiger partial charge in [0.15, 0.2) is 0 Å². The maximum atomic E-state index is 9.09. The molecular weight excluding hydrogens is 276 g/mol. The monoisotopic (exact) mass is 290 g/mol. The highest BCUT2D eigenvalue weighted by Gasteiger charge is 2.18. The quantitative estimate of drug-likeness (QED) is 0.840. The molecule has 0 saturated carbocycles. The first-order chi connectivity index (χ1) is 9.35. The summed E-state index contributed by atoms with van der Waals surface area (Å²) < 4.78 is 11.1. The first kappa shape index (κ1) is 14.4. The second-order valence-corrected chi connectivity index (χ2v) is 5.69. The zero-order valence-electron chi connectivity index (χ0n) is 11.8. The van der Waals surface area contributed by atoms with Gasteiger partial charge in [-0.15, -0.1) is 0 Å². The molecule has 20 heavy (non-hydrogen) atoms. The molecule has 1 aromatic heterocycles. The van der Waals surface area contributed by atoms with Gasteiger partial charge in [-0.25, -0.2) is 4.98 Å². The molecule has 0 saturated heterocycles. The highest BCUT2D eigenvalue weighted by atomic mass is 35.5. The fraction of sp³-hybridized carbons (Fsp3) is 0.333. The summed E-state index contributed by atoms with van der Waals surface area (Å²) in [7, 11) is 1.54. The van der Waals surface area contributed by atoms with Crippen molar-refractivity contribution >= 4 is 22.5 Å². The number of nitrogens with zero attached hydrogens (tertiary/aromatic N) is 2. The number of nitriles is 1. The van der Waals surface area contributed by atoms with Gasteiger partial charge in [-0.3, -0.25) is 0 Å². The van der Waals surface area contributed by atoms with E-state index in [0.717, 1.165) is 5.39 Å². The Labute approximate surface area is 122 Å². The minimum absolute atomic E-state index is 0.256. The molecule has 0 N–H and O–H groups in total. The van der Waals surface area contributed by atoms with E-state index in [1.165, 1.54) is 7.11 Å². The van der Waals surface area contributed by atoms with Crippen molar-refractivity contribution in [2.24, 2.45) is 0 Å². The normalized spacial score (nSPS) is 11.2. The van der Waals surface area contributed by atoms with Gasteiger partial charge in [0, 0.05) is 11.5 Å². The Bertz CT molecular complexity index is 700. The molecule has 0 unspecified atom stereocenters. The summed E-state index contributed by atoms with van der Waals surface area (Å²) in [6, 6.07) is 7.23. The van der Waals surface area contributed by atoms with Crippen LogP contribution in [0, 0.1) is 11.3 Å². The third-order valence-corrected chi connectivity index (χ3v) is 2.96. The molecule has 0 amide bonds. The number of fused-ring (bicyclic) bond motifs is 1. The largest absolute Gasteiger partial charge is 0.495 e. The van der Waals surface area contributed by atoms with Crippen molar-refractivity contribution in [2.45, 2.75) is 26.4 Å². The lowest BCUT2D eigenvalue weighted by molar-refractivity contribution is 0.133. The number of aromatic nitrogens is 1. The van der Waals surface area contributed by atoms with E-state index in [1.54, 1.807) is 12.1 Å². The van der Waals surface area contributed by atoms with Crippen LogP contribution in [0.5, 0.6) is 11.5 Å². The summed E-state index contributed by atoms with van der Waals surface area (Å²) in [4.78, 5) is 4.24. The molecule has 1 heterocycles. The second-order valence-electron chi connectivity index (χ2n) is 5.31. The first-order valence-electron chi connectivity index (χ1n) is 6.12. The van der Waals surface area contributed by atoms with Crippen LogP contribution < -0.4 is 9.47 Å². The molecule has 0 fully saturated rings. The zero-order valence-corrected chi connectivity index (χ0v) is 12.6. The first-order valence-corrected chi connectivity index (χ1v) is 6.50. The van der Waals surface area contributed by atoms with Gasteiger partial charge in [0.05, 0.1) is 12.6 Å². The van der Waals surface area contributed by atoms with E-state index in [9.17, 15) is 0 Å². The van der Waals surface area contributed by atoms with Crippen LogP contribution in [0.2, 0.25) is 5.02 Å². The van der Waals surface area contributed by atoms with Crippen LogP contribution in [0.3, 0.4) is 0 Å². The molecule has 4 nitrogen and oxygen atoms in total. The highest BCUT2D eigenvalue weighted by Crippen LogP contribution is 2.37. The summed E-state index contributed by atoms with van der Waals surface area (Å²) in [5, 5.41) is 10.2. The lowest BCUT2D eigenvalue weighted by Crippen LogP contribution is -2.23. The van der Waals surface area contributed by atoms with Crippen molar-refractivity contribution in [3.05, 3.63) is 28.9 Å². The summed E-state index contributed by atoms with van der Waals surface area (Å²) >= 11 is 6.26. The average molecular weight is 291 g/mol. The molecule has 104 valence electrons. The Kier molecular flexibility index (Phi) is 3.74. The maximum Gasteiger partial charge on any atom is 0.144 e. The third-order valence-electron chi connectivity index (χ3n) is 2.60. The van der Waals surface area contributed by atoms with Crippen molar-refractivity contribution < 1.29 is 9.47 Å². The minimum atomic E-state index is -0.382. The molecule has 2 rings (SSSR count). The number of hydrogen-bond donors (Lipinski definition) is 0. The van der Waals surface area contributed by atoms with Gasteiger partial charge in [-0.1, -0.05) is 11.6 Å². The molecule has 5 heteroatoms. The molecule has 0 aliphatic heterocycles. The van der Waals surface area contributed by atoms with Gasteiger partial charge in [-0.05, 0) is 32.9 Å². The van der Waals surface area contributed by atoms with Crippen LogP contribution in [-0.4, -0.2) is 17.7 Å². The molecule has 1 aromatic carbocycles. The van der Waals surface area contributed by atoms with E-state index in [1.807, 2.05) is 32.9 Å². The third kappa shape index (κ3) is 2.78. The van der Waals surface area contributed by atoms with Crippen molar-refractivity contribution in [3.8, 4) is 17.6 Å². The van der Waals surface area contributed by atoms with E-state index >= 15 is 0 Å². The fourth-order valence-electron chi connectivity index (χ4n) is 1.84. The Balaban J connectivity index is 2.75. The molecule has 0 spiro atoms. The van der Waals surface area contributed by atoms with E-state index < -0.39 is 0 Å². The van der Waals surface area contributed by atoms with Crippen LogP contribution in [-0.2, 0) is 0 Å². The van der Waals surface area contributed by atoms with Gasteiger partial charge in [0.1, 0.15) is 33.9 Å². The van der Waals surface area contributed by atoms with Gasteiger partial charge in [0.25, 0.3) is 0 Å². The van der Waals surface area contributed by atoms with Crippen molar-refractivity contribution in [3.63, 3.8) is 0 Å². The van der Waals surface area contributed by atoms with Gasteiger partial charge >= 0.3 is 0 Å². The van der Waals surface area contributed by atoms with Crippen LogP contribution in [0.15, 0.2) is 18.2 Å². The summed E-state index contributed by atoms with van der Waals surface area (Å²) in [6.07, 6.45) is 0. The topological polar surface area (TPSA) is 55.1 Å². The van der Waals surface area contributed by atoms with Crippen molar-refractivity contribution in [1.82, 2.24) is 4.98 Å². The summed E-state index contributed by atoms with van der Waals surface area (Å²) in [5.41, 5.74) is 0.379. The Hall–Kier alpha value is -1.99. The molecule has 0 aliphatic rings. The van der Waals surface area contributed by atoms with Crippen molar-refractivity contribution in [1.29, 1.82) is 5.26 Å². The van der Waals surface area contributed by atoms with E-state index in [2.05, 4.69) is 4.98 Å². The summed E-state index contributed by atoms with van der Waals surface area (Å²) in [5.74, 6) is 1.10. The standard InChI is InChI=1S/C15H15ClN2O2/c1-15(2,3)20-12-7-9(8-17)18-14-10(12)5-6-11(19-4)13(14)16/h5-7H,1-4H3. The van der Waals surface area contributed by atoms with Crippen molar-refractivity contribution in [2.75, 3.05) is 7.11 Å². The van der Waals surface area contributed by atoms with E-state index in [0.29, 0.717) is 22.0 Å². The smallest absolute Gasteiger partial charge is 0.144 e. The molecule has 0 bridgehead atoms. The number of pyridine rings is 1. The second kappa shape index (κ2) is 5.18. The lowest BCUT2D eigenvalue weighted by Gasteiger charge is -2.22. The van der Waals surface area contributed by atoms with Crippen LogP contribution in [0.1, 0.15) is 26.5 Å². The van der Waals surface area contributed by atoms with Gasteiger partial charge in [0.2, 0.25) is 0 Å². The average Bonchev–Trinajstić information content (AvgIpc) is 2.37. The van der Waals surface area contributed by atoms with E-state index in [-0.39, 0.29) is 11.3 Å².